The Bertz CT molecular complexity index is 350. The molecule has 1 rings (SSSR count). The monoisotopic (exact) mass is 220 g/mol. The Hall–Kier alpha value is -1.06. The molecule has 0 bridgehead atoms. The fourth-order valence-corrected chi connectivity index (χ4v) is 1.89. The van der Waals surface area contributed by atoms with Gasteiger partial charge in [-0.15, -0.1) is 11.3 Å². The molecule has 1 heterocycles. The molecule has 0 aliphatic carbocycles. The van der Waals surface area contributed by atoms with Crippen molar-refractivity contribution in [3.05, 3.63) is 21.9 Å². The molecule has 0 fully saturated rings. The molecule has 1 aromatic heterocycles. The van der Waals surface area contributed by atoms with Gasteiger partial charge in [0.1, 0.15) is 4.88 Å². The lowest BCUT2D eigenvalue weighted by molar-refractivity contribution is -0.135. The van der Waals surface area contributed by atoms with E-state index in [0.29, 0.717) is 11.3 Å². The minimum absolute atomic E-state index is 0.00375. The maximum absolute atomic E-state index is 12.4. The van der Waals surface area contributed by atoms with E-state index >= 15 is 0 Å². The second-order valence-corrected chi connectivity index (χ2v) is 3.59. The summed E-state index contributed by atoms with van der Waals surface area (Å²) in [6.45, 7) is 0. The maximum atomic E-state index is 12.4. The normalized spacial score (nSPS) is 13.6. The Morgan fingerprint density at radius 2 is 2.21 bits per heavy atom. The number of nitrogens with zero attached hydrogens (tertiary/aromatic N) is 1. The highest BCUT2D eigenvalue weighted by molar-refractivity contribution is 7.10. The van der Waals surface area contributed by atoms with Crippen LogP contribution in [0.1, 0.15) is 22.9 Å². The largest absolute Gasteiger partial charge is 0.425 e. The van der Waals surface area contributed by atoms with Crippen LogP contribution in [-0.4, -0.2) is 0 Å². The van der Waals surface area contributed by atoms with Crippen molar-refractivity contribution in [2.24, 2.45) is 5.73 Å². The second-order valence-electron chi connectivity index (χ2n) is 2.67. The highest BCUT2D eigenvalue weighted by atomic mass is 32.1. The molecule has 1 atom stereocenters. The van der Waals surface area contributed by atoms with Crippen molar-refractivity contribution >= 4 is 11.3 Å². The highest BCUT2D eigenvalue weighted by Crippen LogP contribution is 2.38. The van der Waals surface area contributed by atoms with E-state index in [0.717, 1.165) is 0 Å². The van der Waals surface area contributed by atoms with Crippen molar-refractivity contribution in [1.82, 2.24) is 0 Å². The molecule has 0 saturated carbocycles. The molecule has 0 radical (unpaired) electrons. The van der Waals surface area contributed by atoms with Gasteiger partial charge in [0.2, 0.25) is 0 Å². The van der Waals surface area contributed by atoms with Crippen LogP contribution in [0.5, 0.6) is 0 Å². The van der Waals surface area contributed by atoms with Crippen LogP contribution < -0.4 is 5.73 Å². The molecule has 14 heavy (non-hydrogen) atoms. The van der Waals surface area contributed by atoms with Crippen molar-refractivity contribution in [3.8, 4) is 6.07 Å². The summed E-state index contributed by atoms with van der Waals surface area (Å²) in [4.78, 5) is -0.708. The number of nitriles is 1. The number of hydrogen-bond donors (Lipinski definition) is 1. The summed E-state index contributed by atoms with van der Waals surface area (Å²) >= 11 is 0.596. The molecule has 0 aliphatic heterocycles. The van der Waals surface area contributed by atoms with Crippen LogP contribution in [0, 0.1) is 11.3 Å². The molecule has 0 saturated heterocycles. The molecule has 2 N–H and O–H groups in total. The first-order valence-corrected chi connectivity index (χ1v) is 4.62. The average molecular weight is 220 g/mol. The number of thiophene rings is 1. The quantitative estimate of drug-likeness (QED) is 0.832. The summed E-state index contributed by atoms with van der Waals surface area (Å²) in [5, 5.41) is 9.65. The van der Waals surface area contributed by atoms with Gasteiger partial charge in [0, 0.05) is 6.04 Å². The molecule has 0 unspecified atom stereocenters. The minimum Gasteiger partial charge on any atom is -0.323 e. The Balaban J connectivity index is 3.00. The Labute approximate surface area is 82.8 Å². The van der Waals surface area contributed by atoms with Crippen LogP contribution in [0.2, 0.25) is 0 Å². The summed E-state index contributed by atoms with van der Waals surface area (Å²) in [7, 11) is 0. The summed E-state index contributed by atoms with van der Waals surface area (Å²) in [5.41, 5.74) is 5.44. The van der Waals surface area contributed by atoms with Crippen LogP contribution in [0.15, 0.2) is 11.4 Å². The van der Waals surface area contributed by atoms with Crippen LogP contribution >= 0.6 is 11.3 Å². The maximum Gasteiger partial charge on any atom is 0.425 e. The van der Waals surface area contributed by atoms with E-state index in [9.17, 15) is 13.2 Å². The lowest BCUT2D eigenvalue weighted by Gasteiger charge is -2.11. The predicted molar refractivity (Wildman–Crippen MR) is 46.5 cm³/mol. The zero-order chi connectivity index (χ0) is 10.8. The lowest BCUT2D eigenvalue weighted by Crippen LogP contribution is -2.14. The van der Waals surface area contributed by atoms with E-state index in [1.165, 1.54) is 11.4 Å². The van der Waals surface area contributed by atoms with Crippen LogP contribution in [0.3, 0.4) is 0 Å². The molecule has 0 aliphatic rings. The Morgan fingerprint density at radius 3 is 2.71 bits per heavy atom. The van der Waals surface area contributed by atoms with Crippen LogP contribution in [-0.2, 0) is 6.18 Å². The molecule has 76 valence electrons. The zero-order valence-corrected chi connectivity index (χ0v) is 7.82. The van der Waals surface area contributed by atoms with Gasteiger partial charge in [0.25, 0.3) is 0 Å². The predicted octanol–water partition coefficient (Wildman–Crippen LogP) is 2.68. The fraction of sp³-hybridized carbons (Fsp3) is 0.375. The number of nitrogens with two attached hydrogens (primary N) is 1. The number of hydrogen-bond acceptors (Lipinski definition) is 3. The summed E-state index contributed by atoms with van der Waals surface area (Å²) in [6, 6.07) is 2.20. The van der Waals surface area contributed by atoms with E-state index in [2.05, 4.69) is 0 Å². The fourth-order valence-electron chi connectivity index (χ4n) is 1.05. The van der Waals surface area contributed by atoms with E-state index in [1.807, 2.05) is 0 Å². The number of alkyl halides is 3. The van der Waals surface area contributed by atoms with Gasteiger partial charge in [-0.1, -0.05) is 0 Å². The first-order valence-electron chi connectivity index (χ1n) is 3.74. The summed E-state index contributed by atoms with van der Waals surface area (Å²) in [6.07, 6.45) is -4.49. The first kappa shape index (κ1) is 11.0. The molecular formula is C8H7F3N2S. The van der Waals surface area contributed by atoms with Crippen molar-refractivity contribution in [3.63, 3.8) is 0 Å². The van der Waals surface area contributed by atoms with Gasteiger partial charge in [-0.05, 0) is 17.0 Å². The van der Waals surface area contributed by atoms with Gasteiger partial charge in [-0.25, -0.2) is 0 Å². The SMILES string of the molecule is N#CC[C@@H](N)c1ccsc1C(F)(F)F. The van der Waals surface area contributed by atoms with Crippen LogP contribution in [0.25, 0.3) is 0 Å². The lowest BCUT2D eigenvalue weighted by atomic mass is 10.1. The van der Waals surface area contributed by atoms with Crippen molar-refractivity contribution in [2.75, 3.05) is 0 Å². The molecule has 1 aromatic rings. The standard InChI is InChI=1S/C8H7F3N2S/c9-8(10,11)7-5(2-4-14-7)6(13)1-3-12/h2,4,6H,1,13H2/t6-/m1/s1. The van der Waals surface area contributed by atoms with Crippen molar-refractivity contribution in [2.45, 2.75) is 18.6 Å². The molecule has 0 amide bonds. The minimum atomic E-state index is -4.38. The molecule has 6 heteroatoms. The second kappa shape index (κ2) is 3.98. The zero-order valence-electron chi connectivity index (χ0n) is 7.01. The van der Waals surface area contributed by atoms with E-state index in [1.54, 1.807) is 6.07 Å². The Morgan fingerprint density at radius 1 is 1.57 bits per heavy atom. The third kappa shape index (κ3) is 2.25. The van der Waals surface area contributed by atoms with E-state index in [-0.39, 0.29) is 12.0 Å². The highest BCUT2D eigenvalue weighted by Gasteiger charge is 2.36. The van der Waals surface area contributed by atoms with E-state index in [4.69, 9.17) is 11.0 Å². The first-order chi connectivity index (χ1) is 6.46. The number of halogens is 3. The molecular weight excluding hydrogens is 213 g/mol. The molecule has 2 nitrogen and oxygen atoms in total. The topological polar surface area (TPSA) is 49.8 Å². The van der Waals surface area contributed by atoms with E-state index < -0.39 is 17.1 Å². The average Bonchev–Trinajstić information content (AvgIpc) is 2.50. The van der Waals surface area contributed by atoms with Gasteiger partial charge in [0.05, 0.1) is 12.5 Å². The third-order valence-electron chi connectivity index (χ3n) is 1.66. The molecule has 0 aromatic carbocycles. The smallest absolute Gasteiger partial charge is 0.323 e. The third-order valence-corrected chi connectivity index (χ3v) is 2.64. The Kier molecular flexibility index (Phi) is 3.13. The summed E-state index contributed by atoms with van der Waals surface area (Å²) < 4.78 is 37.1. The van der Waals surface area contributed by atoms with Crippen molar-refractivity contribution < 1.29 is 13.2 Å². The summed E-state index contributed by atoms with van der Waals surface area (Å²) in [5.74, 6) is 0. The van der Waals surface area contributed by atoms with Gasteiger partial charge >= 0.3 is 6.18 Å². The van der Waals surface area contributed by atoms with Gasteiger partial charge in [-0.3, -0.25) is 0 Å². The van der Waals surface area contributed by atoms with Crippen molar-refractivity contribution in [1.29, 1.82) is 5.26 Å². The van der Waals surface area contributed by atoms with Gasteiger partial charge < -0.3 is 5.73 Å². The molecule has 0 spiro atoms. The number of rotatable bonds is 2. The van der Waals surface area contributed by atoms with Gasteiger partial charge in [0.15, 0.2) is 0 Å². The van der Waals surface area contributed by atoms with Gasteiger partial charge in [-0.2, -0.15) is 18.4 Å². The van der Waals surface area contributed by atoms with Crippen LogP contribution in [0.4, 0.5) is 13.2 Å².